The van der Waals surface area contributed by atoms with Crippen LogP contribution in [0.25, 0.3) is 0 Å². The van der Waals surface area contributed by atoms with Crippen molar-refractivity contribution in [1.29, 1.82) is 5.26 Å². The molecule has 1 atom stereocenters. The van der Waals surface area contributed by atoms with E-state index < -0.39 is 6.10 Å². The van der Waals surface area contributed by atoms with Crippen LogP contribution in [0.3, 0.4) is 0 Å². The van der Waals surface area contributed by atoms with Crippen LogP contribution in [-0.4, -0.2) is 24.5 Å². The lowest BCUT2D eigenvalue weighted by Gasteiger charge is -2.26. The van der Waals surface area contributed by atoms with Gasteiger partial charge in [-0.3, -0.25) is 9.78 Å². The number of aromatic nitrogens is 1. The van der Waals surface area contributed by atoms with Crippen molar-refractivity contribution in [2.45, 2.75) is 26.1 Å². The lowest BCUT2D eigenvalue weighted by molar-refractivity contribution is 0.0932. The molecule has 0 aliphatic carbocycles. The molecule has 7 nitrogen and oxygen atoms in total. The first-order valence-corrected chi connectivity index (χ1v) is 12.2. The number of ether oxygens (including phenoxy) is 4. The maximum Gasteiger partial charge on any atom is 0.170 e. The smallest absolute Gasteiger partial charge is 0.170 e. The Morgan fingerprint density at radius 3 is 2.55 bits per heavy atom. The molecule has 0 saturated heterocycles. The normalized spacial score (nSPS) is 13.0. The van der Waals surface area contributed by atoms with E-state index in [1.807, 2.05) is 49.4 Å². The van der Waals surface area contributed by atoms with E-state index in [4.69, 9.17) is 18.9 Å². The van der Waals surface area contributed by atoms with E-state index in [1.165, 1.54) is 0 Å². The number of Topliss-reactive ketones (excluding diaryl/α,β-unsaturated/α-hetero) is 1. The number of hydrogen-bond donors (Lipinski definition) is 0. The summed E-state index contributed by atoms with van der Waals surface area (Å²) >= 11 is 0. The number of fused-ring (bicyclic) bond motifs is 1. The molecule has 3 aromatic carbocycles. The minimum Gasteiger partial charge on any atom is -0.497 e. The molecular weight excluding hydrogens is 480 g/mol. The summed E-state index contributed by atoms with van der Waals surface area (Å²) in [6.07, 6.45) is 3.20. The first kappa shape index (κ1) is 24.8. The lowest BCUT2D eigenvalue weighted by atomic mass is 9.98. The summed E-state index contributed by atoms with van der Waals surface area (Å²) in [5, 5.41) is 9.56. The number of rotatable bonds is 8. The van der Waals surface area contributed by atoms with Gasteiger partial charge in [-0.15, -0.1) is 0 Å². The largest absolute Gasteiger partial charge is 0.497 e. The fourth-order valence-electron chi connectivity index (χ4n) is 4.39. The van der Waals surface area contributed by atoms with Gasteiger partial charge in [0.2, 0.25) is 0 Å². The van der Waals surface area contributed by atoms with Crippen LogP contribution in [0.5, 0.6) is 23.0 Å². The van der Waals surface area contributed by atoms with Crippen LogP contribution in [-0.2, 0) is 6.61 Å². The maximum atomic E-state index is 12.4. The number of nitrogens with zero attached hydrogens (tertiary/aromatic N) is 2. The molecule has 1 aliphatic heterocycles. The minimum atomic E-state index is -0.576. The maximum absolute atomic E-state index is 12.4. The second kappa shape index (κ2) is 11.1. The summed E-state index contributed by atoms with van der Waals surface area (Å²) in [7, 11) is 1.62. The summed E-state index contributed by atoms with van der Waals surface area (Å²) in [6, 6.07) is 22.4. The fraction of sp³-hybridized carbons (Fsp3) is 0.194. The Kier molecular flexibility index (Phi) is 7.23. The first-order valence-electron chi connectivity index (χ1n) is 12.2. The summed E-state index contributed by atoms with van der Waals surface area (Å²) in [4.78, 5) is 16.5. The van der Waals surface area contributed by atoms with Gasteiger partial charge < -0.3 is 18.9 Å². The zero-order chi connectivity index (χ0) is 26.5. The van der Waals surface area contributed by atoms with Gasteiger partial charge in [0.05, 0.1) is 30.9 Å². The Labute approximate surface area is 221 Å². The topological polar surface area (TPSA) is 90.7 Å². The van der Waals surface area contributed by atoms with Crippen LogP contribution in [0.4, 0.5) is 0 Å². The van der Waals surface area contributed by atoms with E-state index in [9.17, 15) is 10.1 Å². The quantitative estimate of drug-likeness (QED) is 0.290. The van der Waals surface area contributed by atoms with Gasteiger partial charge in [0.25, 0.3) is 0 Å². The molecule has 0 unspecified atom stereocenters. The molecule has 0 radical (unpaired) electrons. The summed E-state index contributed by atoms with van der Waals surface area (Å²) in [5.74, 6) is 2.50. The lowest BCUT2D eigenvalue weighted by Crippen LogP contribution is -2.17. The van der Waals surface area contributed by atoms with Crippen molar-refractivity contribution in [3.8, 4) is 29.1 Å². The van der Waals surface area contributed by atoms with E-state index in [1.54, 1.807) is 43.8 Å². The monoisotopic (exact) mass is 506 g/mol. The van der Waals surface area contributed by atoms with Crippen LogP contribution in [0.1, 0.15) is 50.7 Å². The molecular formula is C31H26N2O5. The number of methoxy groups -OCH3 is 1. The molecule has 0 bridgehead atoms. The molecule has 5 rings (SSSR count). The van der Waals surface area contributed by atoms with Crippen LogP contribution in [0.2, 0.25) is 0 Å². The van der Waals surface area contributed by atoms with Crippen LogP contribution < -0.4 is 18.9 Å². The molecule has 0 fully saturated rings. The van der Waals surface area contributed by atoms with Crippen molar-refractivity contribution >= 4 is 5.78 Å². The van der Waals surface area contributed by atoms with Gasteiger partial charge in [0.15, 0.2) is 11.9 Å². The molecule has 190 valence electrons. The molecule has 38 heavy (non-hydrogen) atoms. The average Bonchev–Trinajstić information content (AvgIpc) is 2.97. The molecule has 0 amide bonds. The summed E-state index contributed by atoms with van der Waals surface area (Å²) in [6.45, 7) is 2.53. The number of carbonyl (C=O) groups excluding carboxylic acids is 1. The molecule has 0 N–H and O–H groups in total. The van der Waals surface area contributed by atoms with Crippen LogP contribution >= 0.6 is 0 Å². The molecule has 2 heterocycles. The van der Waals surface area contributed by atoms with Crippen LogP contribution in [0, 0.1) is 18.3 Å². The van der Waals surface area contributed by atoms with E-state index >= 15 is 0 Å². The van der Waals surface area contributed by atoms with Crippen LogP contribution in [0.15, 0.2) is 79.1 Å². The Bertz CT molecular complexity index is 1490. The molecule has 0 saturated carbocycles. The van der Waals surface area contributed by atoms with Gasteiger partial charge in [0.1, 0.15) is 29.6 Å². The zero-order valence-electron chi connectivity index (χ0n) is 21.1. The predicted molar refractivity (Wildman–Crippen MR) is 141 cm³/mol. The molecule has 0 spiro atoms. The van der Waals surface area contributed by atoms with E-state index in [0.29, 0.717) is 48.0 Å². The highest BCUT2D eigenvalue weighted by molar-refractivity contribution is 6.00. The highest BCUT2D eigenvalue weighted by atomic mass is 16.5. The number of carbonyl (C=O) groups is 1. The van der Waals surface area contributed by atoms with Crippen molar-refractivity contribution in [3.63, 3.8) is 0 Å². The Hall–Kier alpha value is -4.83. The number of benzene rings is 3. The van der Waals surface area contributed by atoms with Gasteiger partial charge in [0, 0.05) is 35.5 Å². The highest BCUT2D eigenvalue weighted by Gasteiger charge is 2.26. The van der Waals surface area contributed by atoms with Gasteiger partial charge in [-0.25, -0.2) is 0 Å². The Morgan fingerprint density at radius 1 is 1.03 bits per heavy atom. The standard InChI is InChI=1S/C31H26N2O5/c1-20-28(10-9-25-27(34)13-16-36-30(20)25)38-31(23-11-14-33-15-12-23)26-8-5-22(18-32)17-29(26)37-19-21-3-6-24(35-2)7-4-21/h3-12,14-15,17,31H,13,16,19H2,1-2H3/t31-/m1/s1. The van der Waals surface area contributed by atoms with Crippen molar-refractivity contribution in [2.75, 3.05) is 13.7 Å². The number of ketones is 1. The Morgan fingerprint density at radius 2 is 1.82 bits per heavy atom. The van der Waals surface area contributed by atoms with Gasteiger partial charge in [-0.2, -0.15) is 5.26 Å². The van der Waals surface area contributed by atoms with Gasteiger partial charge in [-0.05, 0) is 67.1 Å². The van der Waals surface area contributed by atoms with Crippen molar-refractivity contribution in [1.82, 2.24) is 4.98 Å². The number of hydrogen-bond acceptors (Lipinski definition) is 7. The van der Waals surface area contributed by atoms with E-state index in [-0.39, 0.29) is 5.78 Å². The third kappa shape index (κ3) is 5.16. The minimum absolute atomic E-state index is 0.0629. The molecule has 1 aromatic heterocycles. The highest BCUT2D eigenvalue weighted by Crippen LogP contribution is 2.40. The number of pyridine rings is 1. The number of nitriles is 1. The third-order valence-corrected chi connectivity index (χ3v) is 6.46. The molecule has 4 aromatic rings. The zero-order valence-corrected chi connectivity index (χ0v) is 21.1. The predicted octanol–water partition coefficient (Wildman–Crippen LogP) is 5.98. The second-order valence-electron chi connectivity index (χ2n) is 8.87. The first-order chi connectivity index (χ1) is 18.6. The summed E-state index contributed by atoms with van der Waals surface area (Å²) < 4.78 is 24.0. The van der Waals surface area contributed by atoms with E-state index in [0.717, 1.165) is 28.0 Å². The SMILES string of the molecule is COc1ccc(COc2cc(C#N)ccc2[C@H](Oc2ccc3c(c2C)OCCC3=O)c2ccncc2)cc1. The fourth-order valence-corrected chi connectivity index (χ4v) is 4.39. The summed E-state index contributed by atoms with van der Waals surface area (Å²) in [5.41, 5.74) is 4.36. The van der Waals surface area contributed by atoms with E-state index in [2.05, 4.69) is 11.1 Å². The van der Waals surface area contributed by atoms with Crippen molar-refractivity contribution in [2.24, 2.45) is 0 Å². The van der Waals surface area contributed by atoms with Crippen molar-refractivity contribution in [3.05, 3.63) is 113 Å². The molecule has 7 heteroatoms. The third-order valence-electron chi connectivity index (χ3n) is 6.46. The second-order valence-corrected chi connectivity index (χ2v) is 8.87. The van der Waals surface area contributed by atoms with Gasteiger partial charge >= 0.3 is 0 Å². The average molecular weight is 507 g/mol. The van der Waals surface area contributed by atoms with Crippen molar-refractivity contribution < 1.29 is 23.7 Å². The molecule has 1 aliphatic rings. The van der Waals surface area contributed by atoms with Gasteiger partial charge in [-0.1, -0.05) is 12.1 Å². The Balaban J connectivity index is 1.53.